The van der Waals surface area contributed by atoms with Gasteiger partial charge in [-0.2, -0.15) is 0 Å². The molecule has 2 rings (SSSR count). The van der Waals surface area contributed by atoms with Crippen molar-refractivity contribution < 1.29 is 9.53 Å². The summed E-state index contributed by atoms with van der Waals surface area (Å²) in [5, 5.41) is 0. The van der Waals surface area contributed by atoms with E-state index in [9.17, 15) is 4.79 Å². The van der Waals surface area contributed by atoms with Gasteiger partial charge in [-0.15, -0.1) is 0 Å². The molecule has 1 aliphatic rings. The van der Waals surface area contributed by atoms with Crippen LogP contribution >= 0.6 is 0 Å². The van der Waals surface area contributed by atoms with Crippen molar-refractivity contribution in [2.45, 2.75) is 25.8 Å². The molecule has 0 saturated carbocycles. The van der Waals surface area contributed by atoms with E-state index in [-0.39, 0.29) is 5.78 Å². The van der Waals surface area contributed by atoms with E-state index in [0.29, 0.717) is 19.6 Å². The third-order valence-corrected chi connectivity index (χ3v) is 3.14. The summed E-state index contributed by atoms with van der Waals surface area (Å²) in [6.45, 7) is 4.82. The van der Waals surface area contributed by atoms with Crippen molar-refractivity contribution >= 4 is 5.78 Å². The quantitative estimate of drug-likeness (QED) is 0.769. The van der Waals surface area contributed by atoms with E-state index in [4.69, 9.17) is 10.5 Å². The zero-order chi connectivity index (χ0) is 11.8. The molecular weight excluding hydrogens is 202 g/mol. The number of carbonyl (C=O) groups excluding carboxylic acids is 1. The van der Waals surface area contributed by atoms with Gasteiger partial charge in [-0.1, -0.05) is 17.7 Å². The molecule has 1 aromatic rings. The molecule has 3 nitrogen and oxygen atoms in total. The lowest BCUT2D eigenvalue weighted by molar-refractivity contribution is 0.0862. The van der Waals surface area contributed by atoms with Crippen molar-refractivity contribution in [3.63, 3.8) is 0 Å². The Morgan fingerprint density at radius 3 is 2.81 bits per heavy atom. The van der Waals surface area contributed by atoms with E-state index in [1.54, 1.807) is 0 Å². The summed E-state index contributed by atoms with van der Waals surface area (Å²) in [6.07, 6.45) is 0.610. The van der Waals surface area contributed by atoms with E-state index in [1.165, 1.54) is 0 Å². The van der Waals surface area contributed by atoms with Gasteiger partial charge in [0, 0.05) is 12.2 Å². The number of benzene rings is 1. The van der Waals surface area contributed by atoms with Gasteiger partial charge in [0.2, 0.25) is 0 Å². The minimum atomic E-state index is -0.821. The first kappa shape index (κ1) is 11.3. The minimum Gasteiger partial charge on any atom is -0.379 e. The Balaban J connectivity index is 2.36. The zero-order valence-electron chi connectivity index (χ0n) is 9.75. The Hall–Kier alpha value is -1.19. The molecule has 0 radical (unpaired) electrons. The fraction of sp³-hybridized carbons (Fsp3) is 0.462. The molecule has 1 aromatic carbocycles. The maximum Gasteiger partial charge on any atom is 0.185 e. The Morgan fingerprint density at radius 2 is 2.19 bits per heavy atom. The molecule has 0 aliphatic carbocycles. The van der Waals surface area contributed by atoms with Gasteiger partial charge in [0.15, 0.2) is 5.78 Å². The molecule has 1 atom stereocenters. The lowest BCUT2D eigenvalue weighted by Gasteiger charge is -2.21. The number of nitrogens with two attached hydrogens (primary N) is 1. The number of hydrogen-bond donors (Lipinski definition) is 1. The van der Waals surface area contributed by atoms with Crippen LogP contribution in [-0.4, -0.2) is 24.5 Å². The smallest absolute Gasteiger partial charge is 0.185 e. The molecule has 0 aromatic heterocycles. The van der Waals surface area contributed by atoms with Crippen LogP contribution in [0.15, 0.2) is 18.2 Å². The van der Waals surface area contributed by atoms with Gasteiger partial charge in [0.05, 0.1) is 6.61 Å². The van der Waals surface area contributed by atoms with Crippen molar-refractivity contribution in [1.29, 1.82) is 0 Å². The predicted molar refractivity (Wildman–Crippen MR) is 62.6 cm³/mol. The Morgan fingerprint density at radius 1 is 1.44 bits per heavy atom. The number of hydrogen-bond acceptors (Lipinski definition) is 3. The number of ether oxygens (including phenoxy) is 1. The molecule has 86 valence electrons. The first-order valence-electron chi connectivity index (χ1n) is 5.52. The fourth-order valence-corrected chi connectivity index (χ4v) is 2.01. The van der Waals surface area contributed by atoms with Crippen molar-refractivity contribution in [2.24, 2.45) is 5.73 Å². The maximum absolute atomic E-state index is 12.3. The van der Waals surface area contributed by atoms with Gasteiger partial charge in [0.25, 0.3) is 0 Å². The number of aryl methyl sites for hydroxylation is 2. The third kappa shape index (κ3) is 1.88. The van der Waals surface area contributed by atoms with Crippen LogP contribution in [0.4, 0.5) is 0 Å². The fourth-order valence-electron chi connectivity index (χ4n) is 2.01. The number of ketones is 1. The second kappa shape index (κ2) is 4.00. The van der Waals surface area contributed by atoms with Gasteiger partial charge in [0.1, 0.15) is 5.54 Å². The number of Topliss-reactive ketones (excluding diaryl/α,β-unsaturated/α-hetero) is 1. The summed E-state index contributed by atoms with van der Waals surface area (Å²) in [5.41, 5.74) is 8.05. The predicted octanol–water partition coefficient (Wildman–Crippen LogP) is 1.60. The topological polar surface area (TPSA) is 52.3 Å². The molecule has 1 aliphatic heterocycles. The van der Waals surface area contributed by atoms with Crippen LogP contribution in [0.5, 0.6) is 0 Å². The normalized spacial score (nSPS) is 24.7. The summed E-state index contributed by atoms with van der Waals surface area (Å²) in [7, 11) is 0. The SMILES string of the molecule is Cc1ccc(C)c(C(=O)C2(N)CCOC2)c1. The molecule has 1 unspecified atom stereocenters. The molecule has 0 bridgehead atoms. The first-order chi connectivity index (χ1) is 7.53. The minimum absolute atomic E-state index is 0.00574. The third-order valence-electron chi connectivity index (χ3n) is 3.14. The monoisotopic (exact) mass is 219 g/mol. The molecular formula is C13H17NO2. The van der Waals surface area contributed by atoms with Crippen LogP contribution in [0.2, 0.25) is 0 Å². The summed E-state index contributed by atoms with van der Waals surface area (Å²) in [4.78, 5) is 12.3. The second-order valence-electron chi connectivity index (χ2n) is 4.61. The number of rotatable bonds is 2. The molecule has 1 fully saturated rings. The maximum atomic E-state index is 12.3. The highest BCUT2D eigenvalue weighted by Crippen LogP contribution is 2.23. The van der Waals surface area contributed by atoms with Crippen molar-refractivity contribution in [1.82, 2.24) is 0 Å². The largest absolute Gasteiger partial charge is 0.379 e. The molecule has 3 heteroatoms. The van der Waals surface area contributed by atoms with Gasteiger partial charge in [-0.05, 0) is 31.9 Å². The van der Waals surface area contributed by atoms with Gasteiger partial charge in [-0.3, -0.25) is 4.79 Å². The van der Waals surface area contributed by atoms with E-state index >= 15 is 0 Å². The van der Waals surface area contributed by atoms with E-state index < -0.39 is 5.54 Å². The Kier molecular flexibility index (Phi) is 2.82. The summed E-state index contributed by atoms with van der Waals surface area (Å²) >= 11 is 0. The van der Waals surface area contributed by atoms with Crippen molar-refractivity contribution in [2.75, 3.05) is 13.2 Å². The molecule has 0 amide bonds. The highest BCUT2D eigenvalue weighted by atomic mass is 16.5. The van der Waals surface area contributed by atoms with E-state index in [1.807, 2.05) is 32.0 Å². The van der Waals surface area contributed by atoms with Crippen LogP contribution in [0.25, 0.3) is 0 Å². The standard InChI is InChI=1S/C13H17NO2/c1-9-3-4-10(2)11(7-9)12(15)13(14)5-6-16-8-13/h3-4,7H,5-6,8,14H2,1-2H3. The Bertz CT molecular complexity index is 420. The Labute approximate surface area is 95.6 Å². The lowest BCUT2D eigenvalue weighted by atomic mass is 9.87. The van der Waals surface area contributed by atoms with E-state index in [2.05, 4.69) is 0 Å². The van der Waals surface area contributed by atoms with Crippen molar-refractivity contribution in [3.05, 3.63) is 34.9 Å². The zero-order valence-corrected chi connectivity index (χ0v) is 9.75. The summed E-state index contributed by atoms with van der Waals surface area (Å²) in [6, 6.07) is 5.87. The summed E-state index contributed by atoms with van der Waals surface area (Å²) in [5.74, 6) is 0.00574. The highest BCUT2D eigenvalue weighted by Gasteiger charge is 2.39. The number of carbonyl (C=O) groups is 1. The van der Waals surface area contributed by atoms with Crippen LogP contribution in [0.1, 0.15) is 27.9 Å². The van der Waals surface area contributed by atoms with Crippen molar-refractivity contribution in [3.8, 4) is 0 Å². The van der Waals surface area contributed by atoms with E-state index in [0.717, 1.165) is 16.7 Å². The van der Waals surface area contributed by atoms with Crippen LogP contribution in [0.3, 0.4) is 0 Å². The second-order valence-corrected chi connectivity index (χ2v) is 4.61. The van der Waals surface area contributed by atoms with Crippen LogP contribution in [-0.2, 0) is 4.74 Å². The average Bonchev–Trinajstić information content (AvgIpc) is 2.69. The lowest BCUT2D eigenvalue weighted by Crippen LogP contribution is -2.48. The molecule has 1 saturated heterocycles. The summed E-state index contributed by atoms with van der Waals surface area (Å²) < 4.78 is 5.23. The molecule has 0 spiro atoms. The average molecular weight is 219 g/mol. The van der Waals surface area contributed by atoms with Gasteiger partial charge in [-0.25, -0.2) is 0 Å². The highest BCUT2D eigenvalue weighted by molar-refractivity contribution is 6.04. The van der Waals surface area contributed by atoms with Crippen LogP contribution < -0.4 is 5.73 Å². The molecule has 2 N–H and O–H groups in total. The molecule has 1 heterocycles. The first-order valence-corrected chi connectivity index (χ1v) is 5.52. The molecule has 16 heavy (non-hydrogen) atoms. The van der Waals surface area contributed by atoms with Gasteiger partial charge < -0.3 is 10.5 Å². The van der Waals surface area contributed by atoms with Gasteiger partial charge >= 0.3 is 0 Å². The van der Waals surface area contributed by atoms with Crippen LogP contribution in [0, 0.1) is 13.8 Å².